The molecule has 0 bridgehead atoms. The van der Waals surface area contributed by atoms with E-state index in [4.69, 9.17) is 10.00 Å². The van der Waals surface area contributed by atoms with Crippen LogP contribution in [0.25, 0.3) is 0 Å². The number of nitriles is 1. The molecule has 0 saturated heterocycles. The largest absolute Gasteiger partial charge is 0.491 e. The van der Waals surface area contributed by atoms with Gasteiger partial charge in [-0.05, 0) is 38.0 Å². The van der Waals surface area contributed by atoms with Crippen molar-refractivity contribution in [2.24, 2.45) is 0 Å². The van der Waals surface area contributed by atoms with Crippen LogP contribution in [0.5, 0.6) is 5.75 Å². The highest BCUT2D eigenvalue weighted by atomic mass is 16.5. The predicted molar refractivity (Wildman–Crippen MR) is 69.3 cm³/mol. The second kappa shape index (κ2) is 6.65. The Hall–Kier alpha value is -2.02. The summed E-state index contributed by atoms with van der Waals surface area (Å²) in [6.07, 6.45) is 0.415. The van der Waals surface area contributed by atoms with Crippen molar-refractivity contribution in [1.29, 1.82) is 5.26 Å². The number of nitrogens with one attached hydrogen (secondary N) is 1. The molecule has 4 heteroatoms. The molecule has 0 spiro atoms. The van der Waals surface area contributed by atoms with Crippen LogP contribution in [0, 0.1) is 18.3 Å². The summed E-state index contributed by atoms with van der Waals surface area (Å²) in [7, 11) is 0. The van der Waals surface area contributed by atoms with E-state index in [9.17, 15) is 4.79 Å². The third-order valence-corrected chi connectivity index (χ3v) is 2.33. The standard InChI is InChI=1S/C14H18N2O2/c1-10(2)18-13-5-4-12(8-11(13)3)9-14(17)16-7-6-15/h4-5,8,10H,7,9H2,1-3H3,(H,16,17). The zero-order valence-corrected chi connectivity index (χ0v) is 11.0. The first-order chi connectivity index (χ1) is 8.52. The monoisotopic (exact) mass is 246 g/mol. The maximum atomic E-state index is 11.5. The topological polar surface area (TPSA) is 62.1 Å². The SMILES string of the molecule is Cc1cc(CC(=O)NCC#N)ccc1OC(C)C. The number of aryl methyl sites for hydroxylation is 1. The molecule has 0 fully saturated rings. The number of rotatable bonds is 5. The highest BCUT2D eigenvalue weighted by Crippen LogP contribution is 2.20. The van der Waals surface area contributed by atoms with Crippen LogP contribution in [-0.4, -0.2) is 18.6 Å². The number of ether oxygens (including phenoxy) is 1. The Kier molecular flexibility index (Phi) is 5.19. The lowest BCUT2D eigenvalue weighted by Crippen LogP contribution is -2.25. The van der Waals surface area contributed by atoms with Gasteiger partial charge in [-0.25, -0.2) is 0 Å². The molecule has 1 amide bonds. The first-order valence-electron chi connectivity index (χ1n) is 5.92. The summed E-state index contributed by atoms with van der Waals surface area (Å²) < 4.78 is 5.63. The number of hydrogen-bond acceptors (Lipinski definition) is 3. The van der Waals surface area contributed by atoms with E-state index >= 15 is 0 Å². The molecule has 1 N–H and O–H groups in total. The van der Waals surface area contributed by atoms with Crippen LogP contribution in [0.3, 0.4) is 0 Å². The van der Waals surface area contributed by atoms with Gasteiger partial charge in [0.05, 0.1) is 18.6 Å². The van der Waals surface area contributed by atoms with Gasteiger partial charge in [0.2, 0.25) is 5.91 Å². The van der Waals surface area contributed by atoms with Crippen molar-refractivity contribution in [3.8, 4) is 11.8 Å². The lowest BCUT2D eigenvalue weighted by molar-refractivity contribution is -0.120. The highest BCUT2D eigenvalue weighted by Gasteiger charge is 2.06. The molecular weight excluding hydrogens is 228 g/mol. The molecule has 1 aromatic carbocycles. The minimum absolute atomic E-state index is 0.0480. The second-order valence-corrected chi connectivity index (χ2v) is 4.38. The molecule has 1 rings (SSSR count). The Labute approximate surface area is 108 Å². The maximum absolute atomic E-state index is 11.5. The van der Waals surface area contributed by atoms with Gasteiger partial charge in [0.25, 0.3) is 0 Å². The molecule has 4 nitrogen and oxygen atoms in total. The number of carbonyl (C=O) groups is 1. The lowest BCUT2D eigenvalue weighted by Gasteiger charge is -2.13. The van der Waals surface area contributed by atoms with E-state index in [2.05, 4.69) is 5.32 Å². The zero-order chi connectivity index (χ0) is 13.5. The molecule has 0 saturated carbocycles. The van der Waals surface area contributed by atoms with Gasteiger partial charge in [-0.1, -0.05) is 12.1 Å². The van der Waals surface area contributed by atoms with Crippen molar-refractivity contribution in [1.82, 2.24) is 5.32 Å². The average molecular weight is 246 g/mol. The van der Waals surface area contributed by atoms with Gasteiger partial charge in [-0.2, -0.15) is 5.26 Å². The van der Waals surface area contributed by atoms with Crippen LogP contribution in [0.15, 0.2) is 18.2 Å². The summed E-state index contributed by atoms with van der Waals surface area (Å²) in [5.74, 6) is 0.694. The molecule has 0 heterocycles. The fraction of sp³-hybridized carbons (Fsp3) is 0.429. The first-order valence-corrected chi connectivity index (χ1v) is 5.92. The third-order valence-electron chi connectivity index (χ3n) is 2.33. The average Bonchev–Trinajstić information content (AvgIpc) is 2.29. The van der Waals surface area contributed by atoms with Crippen LogP contribution in [0.2, 0.25) is 0 Å². The molecule has 0 radical (unpaired) electrons. The fourth-order valence-electron chi connectivity index (χ4n) is 1.59. The van der Waals surface area contributed by atoms with E-state index in [0.717, 1.165) is 16.9 Å². The van der Waals surface area contributed by atoms with Gasteiger partial charge in [0.1, 0.15) is 12.3 Å². The Morgan fingerprint density at radius 3 is 2.78 bits per heavy atom. The van der Waals surface area contributed by atoms with E-state index in [1.54, 1.807) is 0 Å². The predicted octanol–water partition coefficient (Wildman–Crippen LogP) is 1.96. The van der Waals surface area contributed by atoms with E-state index in [1.165, 1.54) is 0 Å². The minimum atomic E-state index is -0.145. The smallest absolute Gasteiger partial charge is 0.225 e. The molecular formula is C14H18N2O2. The molecule has 0 unspecified atom stereocenters. The number of nitrogens with zero attached hydrogens (tertiary/aromatic N) is 1. The van der Waals surface area contributed by atoms with Gasteiger partial charge in [0, 0.05) is 0 Å². The summed E-state index contributed by atoms with van der Waals surface area (Å²) in [4.78, 5) is 11.5. The van der Waals surface area contributed by atoms with E-state index in [1.807, 2.05) is 45.0 Å². The number of amides is 1. The Morgan fingerprint density at radius 2 is 2.22 bits per heavy atom. The minimum Gasteiger partial charge on any atom is -0.491 e. The van der Waals surface area contributed by atoms with Crippen molar-refractivity contribution < 1.29 is 9.53 Å². The van der Waals surface area contributed by atoms with Gasteiger partial charge in [0.15, 0.2) is 0 Å². The van der Waals surface area contributed by atoms with Gasteiger partial charge in [-0.3, -0.25) is 4.79 Å². The molecule has 0 aromatic heterocycles. The summed E-state index contributed by atoms with van der Waals surface area (Å²) >= 11 is 0. The molecule has 1 aromatic rings. The summed E-state index contributed by atoms with van der Waals surface area (Å²) in [5.41, 5.74) is 1.92. The van der Waals surface area contributed by atoms with E-state index < -0.39 is 0 Å². The van der Waals surface area contributed by atoms with Gasteiger partial charge < -0.3 is 10.1 Å². The van der Waals surface area contributed by atoms with Crippen LogP contribution in [0.1, 0.15) is 25.0 Å². The first kappa shape index (κ1) is 14.0. The molecule has 18 heavy (non-hydrogen) atoms. The normalized spacial score (nSPS) is 9.94. The third kappa shape index (κ3) is 4.46. The van der Waals surface area contributed by atoms with Crippen molar-refractivity contribution in [2.45, 2.75) is 33.3 Å². The Bertz CT molecular complexity index is 461. The summed E-state index contributed by atoms with van der Waals surface area (Å²) in [6, 6.07) is 7.56. The van der Waals surface area contributed by atoms with Crippen molar-refractivity contribution in [3.05, 3.63) is 29.3 Å². The zero-order valence-electron chi connectivity index (χ0n) is 11.0. The molecule has 0 aliphatic heterocycles. The Morgan fingerprint density at radius 1 is 1.50 bits per heavy atom. The molecule has 0 aliphatic rings. The van der Waals surface area contributed by atoms with E-state index in [0.29, 0.717) is 0 Å². The van der Waals surface area contributed by atoms with Crippen LogP contribution in [-0.2, 0) is 11.2 Å². The maximum Gasteiger partial charge on any atom is 0.225 e. The number of hydrogen-bond donors (Lipinski definition) is 1. The summed E-state index contributed by atoms with van der Waals surface area (Å²) in [6.45, 7) is 5.95. The molecule has 0 aliphatic carbocycles. The summed E-state index contributed by atoms with van der Waals surface area (Å²) in [5, 5.41) is 10.9. The quantitative estimate of drug-likeness (QED) is 0.808. The molecule has 96 valence electrons. The highest BCUT2D eigenvalue weighted by molar-refractivity contribution is 5.78. The fourth-order valence-corrected chi connectivity index (χ4v) is 1.59. The van der Waals surface area contributed by atoms with Crippen molar-refractivity contribution in [3.63, 3.8) is 0 Å². The van der Waals surface area contributed by atoms with Crippen LogP contribution in [0.4, 0.5) is 0 Å². The van der Waals surface area contributed by atoms with Crippen molar-refractivity contribution in [2.75, 3.05) is 6.54 Å². The van der Waals surface area contributed by atoms with E-state index in [-0.39, 0.29) is 25.0 Å². The van der Waals surface area contributed by atoms with Crippen LogP contribution < -0.4 is 10.1 Å². The number of benzene rings is 1. The molecule has 0 atom stereocenters. The van der Waals surface area contributed by atoms with Crippen molar-refractivity contribution >= 4 is 5.91 Å². The van der Waals surface area contributed by atoms with Gasteiger partial charge in [-0.15, -0.1) is 0 Å². The number of carbonyl (C=O) groups excluding carboxylic acids is 1. The van der Waals surface area contributed by atoms with Gasteiger partial charge >= 0.3 is 0 Å². The second-order valence-electron chi connectivity index (χ2n) is 4.38. The van der Waals surface area contributed by atoms with Crippen LogP contribution >= 0.6 is 0 Å². The lowest BCUT2D eigenvalue weighted by atomic mass is 10.1. The Balaban J connectivity index is 2.67.